The first-order valence-corrected chi connectivity index (χ1v) is 7.08. The van der Waals surface area contributed by atoms with E-state index in [0.717, 1.165) is 43.6 Å². The molecule has 0 saturated heterocycles. The number of benzene rings is 1. The molecule has 1 atom stereocenters. The Balaban J connectivity index is 2.17. The molecule has 100 valence electrons. The predicted octanol–water partition coefficient (Wildman–Crippen LogP) is 2.87. The molecule has 3 heteroatoms. The van der Waals surface area contributed by atoms with E-state index in [1.54, 1.807) is 6.20 Å². The van der Waals surface area contributed by atoms with Gasteiger partial charge in [-0.25, -0.2) is 4.98 Å². The highest BCUT2D eigenvalue weighted by Gasteiger charge is 2.38. The van der Waals surface area contributed by atoms with Gasteiger partial charge < -0.3 is 9.67 Å². The van der Waals surface area contributed by atoms with Gasteiger partial charge in [0, 0.05) is 18.9 Å². The molecule has 0 fully saturated rings. The summed E-state index contributed by atoms with van der Waals surface area (Å²) in [7, 11) is 0. The van der Waals surface area contributed by atoms with E-state index >= 15 is 0 Å². The molecule has 0 bridgehead atoms. The van der Waals surface area contributed by atoms with Crippen molar-refractivity contribution in [3.63, 3.8) is 0 Å². The molecule has 3 rings (SSSR count). The fourth-order valence-corrected chi connectivity index (χ4v) is 3.13. The van der Waals surface area contributed by atoms with Crippen molar-refractivity contribution in [2.45, 2.75) is 44.8 Å². The Morgan fingerprint density at radius 3 is 3.00 bits per heavy atom. The van der Waals surface area contributed by atoms with E-state index in [4.69, 9.17) is 0 Å². The van der Waals surface area contributed by atoms with Gasteiger partial charge in [-0.2, -0.15) is 0 Å². The maximum absolute atomic E-state index is 11.3. The summed E-state index contributed by atoms with van der Waals surface area (Å²) in [6.07, 6.45) is 7.69. The van der Waals surface area contributed by atoms with Crippen LogP contribution in [0.25, 0.3) is 0 Å². The molecule has 1 aromatic heterocycles. The summed E-state index contributed by atoms with van der Waals surface area (Å²) >= 11 is 0. The molecule has 1 aliphatic rings. The molecule has 0 radical (unpaired) electrons. The average molecular weight is 256 g/mol. The van der Waals surface area contributed by atoms with Gasteiger partial charge in [0.25, 0.3) is 0 Å². The first-order chi connectivity index (χ1) is 9.25. The van der Waals surface area contributed by atoms with Gasteiger partial charge in [-0.1, -0.05) is 24.3 Å². The zero-order chi connectivity index (χ0) is 13.3. The monoisotopic (exact) mass is 256 g/mol. The zero-order valence-electron chi connectivity index (χ0n) is 11.3. The molecule has 1 N–H and O–H groups in total. The summed E-state index contributed by atoms with van der Waals surface area (Å²) in [5.41, 5.74) is 1.36. The van der Waals surface area contributed by atoms with Crippen molar-refractivity contribution in [3.05, 3.63) is 53.6 Å². The van der Waals surface area contributed by atoms with Gasteiger partial charge in [0.05, 0.1) is 0 Å². The number of hydrogen-bond donors (Lipinski definition) is 1. The van der Waals surface area contributed by atoms with Crippen molar-refractivity contribution in [3.8, 4) is 0 Å². The third-order valence-electron chi connectivity index (χ3n) is 4.12. The first kappa shape index (κ1) is 12.4. The van der Waals surface area contributed by atoms with Gasteiger partial charge in [0.15, 0.2) is 0 Å². The van der Waals surface area contributed by atoms with Gasteiger partial charge in [-0.15, -0.1) is 0 Å². The van der Waals surface area contributed by atoms with Crippen LogP contribution in [0.4, 0.5) is 0 Å². The molecular formula is C16H20N2O. The fourth-order valence-electron chi connectivity index (χ4n) is 3.13. The molecule has 1 heterocycles. The first-order valence-electron chi connectivity index (χ1n) is 7.08. The van der Waals surface area contributed by atoms with Crippen LogP contribution >= 0.6 is 0 Å². The van der Waals surface area contributed by atoms with Gasteiger partial charge in [-0.05, 0) is 43.7 Å². The summed E-state index contributed by atoms with van der Waals surface area (Å²) in [4.78, 5) is 4.44. The molecule has 1 unspecified atom stereocenters. The minimum Gasteiger partial charge on any atom is -0.377 e. The van der Waals surface area contributed by atoms with Crippen LogP contribution in [0.3, 0.4) is 0 Å². The van der Waals surface area contributed by atoms with Gasteiger partial charge in [-0.3, -0.25) is 0 Å². The minimum absolute atomic E-state index is 0.751. The van der Waals surface area contributed by atoms with E-state index in [0.29, 0.717) is 0 Å². The van der Waals surface area contributed by atoms with E-state index < -0.39 is 5.60 Å². The molecule has 2 aromatic rings. The number of aryl methyl sites for hydroxylation is 2. The number of aromatic nitrogens is 2. The quantitative estimate of drug-likeness (QED) is 0.839. The van der Waals surface area contributed by atoms with Gasteiger partial charge >= 0.3 is 0 Å². The van der Waals surface area contributed by atoms with Crippen molar-refractivity contribution < 1.29 is 5.11 Å². The topological polar surface area (TPSA) is 38.0 Å². The van der Waals surface area contributed by atoms with Crippen molar-refractivity contribution in [2.75, 3.05) is 0 Å². The number of hydrogen-bond acceptors (Lipinski definition) is 2. The van der Waals surface area contributed by atoms with Gasteiger partial charge in [0.1, 0.15) is 11.4 Å². The van der Waals surface area contributed by atoms with E-state index in [2.05, 4.69) is 30.1 Å². The number of fused-ring (bicyclic) bond motifs is 1. The molecular weight excluding hydrogens is 236 g/mol. The number of rotatable bonds is 2. The van der Waals surface area contributed by atoms with E-state index in [1.165, 1.54) is 5.56 Å². The maximum atomic E-state index is 11.3. The second kappa shape index (κ2) is 4.82. The molecule has 3 nitrogen and oxygen atoms in total. The largest absolute Gasteiger partial charge is 0.377 e. The van der Waals surface area contributed by atoms with Crippen LogP contribution in [0.15, 0.2) is 36.7 Å². The van der Waals surface area contributed by atoms with E-state index in [1.807, 2.05) is 16.8 Å². The zero-order valence-corrected chi connectivity index (χ0v) is 11.3. The summed E-state index contributed by atoms with van der Waals surface area (Å²) < 4.78 is 2.04. The Labute approximate surface area is 113 Å². The normalized spacial score (nSPS) is 22.8. The Hall–Kier alpha value is -1.61. The molecule has 1 aliphatic carbocycles. The van der Waals surface area contributed by atoms with E-state index in [9.17, 15) is 5.11 Å². The highest BCUT2D eigenvalue weighted by molar-refractivity contribution is 5.38. The van der Waals surface area contributed by atoms with Crippen molar-refractivity contribution >= 4 is 0 Å². The Kier molecular flexibility index (Phi) is 3.15. The molecule has 0 saturated carbocycles. The lowest BCUT2D eigenvalue weighted by Gasteiger charge is -2.29. The molecule has 1 aromatic carbocycles. The second-order valence-corrected chi connectivity index (χ2v) is 5.26. The highest BCUT2D eigenvalue weighted by Crippen LogP contribution is 2.38. The van der Waals surface area contributed by atoms with Crippen LogP contribution in [-0.2, 0) is 18.6 Å². The Morgan fingerprint density at radius 2 is 2.16 bits per heavy atom. The van der Waals surface area contributed by atoms with Crippen LogP contribution in [0.2, 0.25) is 0 Å². The minimum atomic E-state index is -0.938. The van der Waals surface area contributed by atoms with Crippen LogP contribution in [0.5, 0.6) is 0 Å². The molecule has 0 amide bonds. The molecule has 0 spiro atoms. The highest BCUT2D eigenvalue weighted by atomic mass is 16.3. The summed E-state index contributed by atoms with van der Waals surface area (Å²) in [5.74, 6) is 0.782. The van der Waals surface area contributed by atoms with E-state index in [-0.39, 0.29) is 0 Å². The lowest BCUT2D eigenvalue weighted by Crippen LogP contribution is -2.31. The van der Waals surface area contributed by atoms with Gasteiger partial charge in [0.2, 0.25) is 0 Å². The van der Waals surface area contributed by atoms with Crippen LogP contribution < -0.4 is 0 Å². The summed E-state index contributed by atoms with van der Waals surface area (Å²) in [6, 6.07) is 8.24. The molecule has 19 heavy (non-hydrogen) atoms. The number of nitrogens with zero attached hydrogens (tertiary/aromatic N) is 2. The summed E-state index contributed by atoms with van der Waals surface area (Å²) in [5, 5.41) is 11.3. The Morgan fingerprint density at radius 1 is 1.32 bits per heavy atom. The lowest BCUT2D eigenvalue weighted by molar-refractivity contribution is 0.0574. The van der Waals surface area contributed by atoms with Crippen LogP contribution in [0.1, 0.15) is 43.1 Å². The van der Waals surface area contributed by atoms with Crippen molar-refractivity contribution in [1.82, 2.24) is 9.55 Å². The third-order valence-corrected chi connectivity index (χ3v) is 4.12. The average Bonchev–Trinajstić information content (AvgIpc) is 2.86. The summed E-state index contributed by atoms with van der Waals surface area (Å²) in [6.45, 7) is 2.91. The Bertz CT molecular complexity index is 576. The van der Waals surface area contributed by atoms with Crippen molar-refractivity contribution in [2.24, 2.45) is 0 Å². The maximum Gasteiger partial charge on any atom is 0.147 e. The SMILES string of the molecule is CCn1ccnc1C1(O)CCCCc2ccccc21. The van der Waals surface area contributed by atoms with Crippen LogP contribution in [0, 0.1) is 0 Å². The second-order valence-electron chi connectivity index (χ2n) is 5.26. The van der Waals surface area contributed by atoms with Crippen molar-refractivity contribution in [1.29, 1.82) is 0 Å². The van der Waals surface area contributed by atoms with Crippen LogP contribution in [-0.4, -0.2) is 14.7 Å². The standard InChI is InChI=1S/C16H20N2O/c1-2-18-12-11-17-15(18)16(19)10-6-5-8-13-7-3-4-9-14(13)16/h3-4,7,9,11-12,19H,2,5-6,8,10H2,1H3. The predicted molar refractivity (Wildman–Crippen MR) is 74.9 cm³/mol. The fraction of sp³-hybridized carbons (Fsp3) is 0.438. The lowest BCUT2D eigenvalue weighted by atomic mass is 9.87. The number of aliphatic hydroxyl groups is 1. The smallest absolute Gasteiger partial charge is 0.147 e. The number of imidazole rings is 1. The molecule has 0 aliphatic heterocycles. The third kappa shape index (κ3) is 1.98.